The van der Waals surface area contributed by atoms with Gasteiger partial charge in [0.15, 0.2) is 0 Å². The van der Waals surface area contributed by atoms with Crippen molar-refractivity contribution in [3.8, 4) is 0 Å². The fourth-order valence-electron chi connectivity index (χ4n) is 3.12. The van der Waals surface area contributed by atoms with E-state index in [1.807, 2.05) is 18.2 Å². The molecule has 0 spiro atoms. The standard InChI is InChI=1S/C18H20ClN3O3/c19-15-8-4-1-5-13(15)11-21-10-9-17(24)22(18(21)25)12-16(23)20-14-6-2-3-7-14/h1,4-5,8-10,14H,2-3,6-7,11-12H2,(H,20,23). The summed E-state index contributed by atoms with van der Waals surface area (Å²) in [6.45, 7) is -0.0272. The Kier molecular flexibility index (Phi) is 5.38. The molecule has 1 fully saturated rings. The number of rotatable bonds is 5. The molecule has 1 aromatic heterocycles. The van der Waals surface area contributed by atoms with Gasteiger partial charge in [0.05, 0.1) is 6.54 Å². The molecule has 0 saturated heterocycles. The van der Waals surface area contributed by atoms with Gasteiger partial charge in [-0.25, -0.2) is 4.79 Å². The normalized spacial score (nSPS) is 14.6. The lowest BCUT2D eigenvalue weighted by Gasteiger charge is -2.14. The molecule has 6 nitrogen and oxygen atoms in total. The van der Waals surface area contributed by atoms with E-state index in [-0.39, 0.29) is 25.0 Å². The highest BCUT2D eigenvalue weighted by Crippen LogP contribution is 2.17. The highest BCUT2D eigenvalue weighted by atomic mass is 35.5. The van der Waals surface area contributed by atoms with Gasteiger partial charge in [0.1, 0.15) is 6.54 Å². The van der Waals surface area contributed by atoms with E-state index < -0.39 is 11.2 Å². The van der Waals surface area contributed by atoms with Crippen LogP contribution in [0.4, 0.5) is 0 Å². The van der Waals surface area contributed by atoms with Crippen molar-refractivity contribution in [2.75, 3.05) is 0 Å². The summed E-state index contributed by atoms with van der Waals surface area (Å²) in [6.07, 6.45) is 5.53. The van der Waals surface area contributed by atoms with Crippen LogP contribution in [0.3, 0.4) is 0 Å². The first-order valence-corrected chi connectivity index (χ1v) is 8.75. The Bertz CT molecular complexity index is 882. The third kappa shape index (κ3) is 4.20. The summed E-state index contributed by atoms with van der Waals surface area (Å²) >= 11 is 6.13. The zero-order valence-electron chi connectivity index (χ0n) is 13.8. The Labute approximate surface area is 150 Å². The van der Waals surface area contributed by atoms with Crippen molar-refractivity contribution < 1.29 is 4.79 Å². The molecule has 1 N–H and O–H groups in total. The van der Waals surface area contributed by atoms with Gasteiger partial charge in [-0.3, -0.25) is 18.7 Å². The van der Waals surface area contributed by atoms with Crippen LogP contribution in [0.25, 0.3) is 0 Å². The van der Waals surface area contributed by atoms with Gasteiger partial charge in [0, 0.05) is 23.3 Å². The summed E-state index contributed by atoms with van der Waals surface area (Å²) in [7, 11) is 0. The van der Waals surface area contributed by atoms with Crippen LogP contribution in [0.1, 0.15) is 31.2 Å². The largest absolute Gasteiger partial charge is 0.352 e. The van der Waals surface area contributed by atoms with Crippen LogP contribution < -0.4 is 16.6 Å². The Morgan fingerprint density at radius 2 is 1.88 bits per heavy atom. The van der Waals surface area contributed by atoms with E-state index in [0.29, 0.717) is 5.02 Å². The number of nitrogens with one attached hydrogen (secondary N) is 1. The molecule has 1 saturated carbocycles. The molecule has 7 heteroatoms. The molecule has 1 aliphatic carbocycles. The molecule has 0 aliphatic heterocycles. The molecule has 1 amide bonds. The van der Waals surface area contributed by atoms with Gasteiger partial charge in [-0.2, -0.15) is 0 Å². The van der Waals surface area contributed by atoms with Gasteiger partial charge < -0.3 is 5.32 Å². The summed E-state index contributed by atoms with van der Waals surface area (Å²) in [5, 5.41) is 3.44. The first-order chi connectivity index (χ1) is 12.0. The van der Waals surface area contributed by atoms with Crippen LogP contribution in [-0.2, 0) is 17.9 Å². The van der Waals surface area contributed by atoms with Gasteiger partial charge in [-0.1, -0.05) is 42.6 Å². The van der Waals surface area contributed by atoms with E-state index >= 15 is 0 Å². The molecule has 132 valence electrons. The zero-order valence-corrected chi connectivity index (χ0v) is 14.5. The van der Waals surface area contributed by atoms with Crippen molar-refractivity contribution >= 4 is 17.5 Å². The minimum atomic E-state index is -0.519. The van der Waals surface area contributed by atoms with E-state index in [1.165, 1.54) is 16.8 Å². The number of benzene rings is 1. The SMILES string of the molecule is O=C(Cn1c(=O)ccn(Cc2ccccc2Cl)c1=O)NC1CCCC1. The number of carbonyl (C=O) groups is 1. The first-order valence-electron chi connectivity index (χ1n) is 8.37. The van der Waals surface area contributed by atoms with Crippen molar-refractivity contribution in [1.29, 1.82) is 0 Å². The van der Waals surface area contributed by atoms with Gasteiger partial charge in [0.2, 0.25) is 5.91 Å². The van der Waals surface area contributed by atoms with Crippen LogP contribution in [0.2, 0.25) is 5.02 Å². The maximum absolute atomic E-state index is 12.6. The second-order valence-corrected chi connectivity index (χ2v) is 6.70. The quantitative estimate of drug-likeness (QED) is 0.882. The third-order valence-corrected chi connectivity index (χ3v) is 4.83. The Morgan fingerprint density at radius 3 is 2.60 bits per heavy atom. The number of hydrogen-bond acceptors (Lipinski definition) is 3. The van der Waals surface area contributed by atoms with Gasteiger partial charge in [-0.05, 0) is 24.5 Å². The first kappa shape index (κ1) is 17.5. The molecule has 0 radical (unpaired) electrons. The lowest BCUT2D eigenvalue weighted by atomic mass is 10.2. The summed E-state index contributed by atoms with van der Waals surface area (Å²) in [5.41, 5.74) is -0.233. The molecule has 3 rings (SSSR count). The molecule has 25 heavy (non-hydrogen) atoms. The maximum atomic E-state index is 12.6. The monoisotopic (exact) mass is 361 g/mol. The van der Waals surface area contributed by atoms with E-state index in [4.69, 9.17) is 11.6 Å². The lowest BCUT2D eigenvalue weighted by Crippen LogP contribution is -2.44. The van der Waals surface area contributed by atoms with Gasteiger partial charge in [-0.15, -0.1) is 0 Å². The van der Waals surface area contributed by atoms with E-state index in [2.05, 4.69) is 5.32 Å². The van der Waals surface area contributed by atoms with Crippen molar-refractivity contribution in [2.45, 2.75) is 44.8 Å². The zero-order chi connectivity index (χ0) is 17.8. The Morgan fingerprint density at radius 1 is 1.16 bits per heavy atom. The van der Waals surface area contributed by atoms with Crippen molar-refractivity contribution in [3.63, 3.8) is 0 Å². The van der Waals surface area contributed by atoms with E-state index in [1.54, 1.807) is 6.07 Å². The van der Waals surface area contributed by atoms with Crippen LogP contribution in [0.5, 0.6) is 0 Å². The van der Waals surface area contributed by atoms with Crippen molar-refractivity contribution in [3.05, 3.63) is 68.0 Å². The van der Waals surface area contributed by atoms with Crippen molar-refractivity contribution in [1.82, 2.24) is 14.5 Å². The Hall–Kier alpha value is -2.34. The molecule has 2 aromatic rings. The summed E-state index contributed by atoms with van der Waals surface area (Å²) in [6, 6.07) is 8.64. The highest BCUT2D eigenvalue weighted by molar-refractivity contribution is 6.31. The molecule has 1 aliphatic rings. The van der Waals surface area contributed by atoms with Crippen LogP contribution in [-0.4, -0.2) is 21.1 Å². The van der Waals surface area contributed by atoms with E-state index in [0.717, 1.165) is 35.8 Å². The number of aromatic nitrogens is 2. The molecular weight excluding hydrogens is 342 g/mol. The second-order valence-electron chi connectivity index (χ2n) is 6.29. The molecule has 0 unspecified atom stereocenters. The number of hydrogen-bond donors (Lipinski definition) is 1. The van der Waals surface area contributed by atoms with E-state index in [9.17, 15) is 14.4 Å². The smallest absolute Gasteiger partial charge is 0.331 e. The second kappa shape index (κ2) is 7.70. The number of amides is 1. The lowest BCUT2D eigenvalue weighted by molar-refractivity contribution is -0.122. The topological polar surface area (TPSA) is 73.1 Å². The number of nitrogens with zero attached hydrogens (tertiary/aromatic N) is 2. The molecule has 0 atom stereocenters. The van der Waals surface area contributed by atoms with Crippen LogP contribution in [0, 0.1) is 0 Å². The van der Waals surface area contributed by atoms with Crippen LogP contribution in [0.15, 0.2) is 46.1 Å². The third-order valence-electron chi connectivity index (χ3n) is 4.46. The average Bonchev–Trinajstić information content (AvgIpc) is 3.09. The predicted octanol–water partition coefficient (Wildman–Crippen LogP) is 1.77. The van der Waals surface area contributed by atoms with Crippen LogP contribution >= 0.6 is 11.6 Å². The molecule has 1 aromatic carbocycles. The highest BCUT2D eigenvalue weighted by Gasteiger charge is 2.18. The van der Waals surface area contributed by atoms with Gasteiger partial charge >= 0.3 is 5.69 Å². The summed E-state index contributed by atoms with van der Waals surface area (Å²) < 4.78 is 2.34. The predicted molar refractivity (Wildman–Crippen MR) is 95.9 cm³/mol. The molecule has 1 heterocycles. The number of halogens is 1. The minimum Gasteiger partial charge on any atom is -0.352 e. The average molecular weight is 362 g/mol. The summed E-state index contributed by atoms with van der Waals surface area (Å²) in [4.78, 5) is 36.8. The Balaban J connectivity index is 1.80. The van der Waals surface area contributed by atoms with Crippen molar-refractivity contribution in [2.24, 2.45) is 0 Å². The summed E-state index contributed by atoms with van der Waals surface area (Å²) in [5.74, 6) is -0.304. The molecular formula is C18H20ClN3O3. The fraction of sp³-hybridized carbons (Fsp3) is 0.389. The van der Waals surface area contributed by atoms with Gasteiger partial charge in [0.25, 0.3) is 5.56 Å². The maximum Gasteiger partial charge on any atom is 0.331 e. The fourth-order valence-corrected chi connectivity index (χ4v) is 3.32. The molecule has 0 bridgehead atoms. The number of carbonyl (C=O) groups excluding carboxylic acids is 1. The minimum absolute atomic E-state index is 0.150.